The summed E-state index contributed by atoms with van der Waals surface area (Å²) in [7, 11) is 0. The SMILES string of the molecule is CC(=O)[C@]1(CC(=O)C(=O)O)C=C[C@H](O)C=C1. The van der Waals surface area contributed by atoms with Crippen LogP contribution in [0.3, 0.4) is 0 Å². The Kier molecular flexibility index (Phi) is 3.39. The monoisotopic (exact) mass is 224 g/mol. The summed E-state index contributed by atoms with van der Waals surface area (Å²) in [4.78, 5) is 33.0. The molecule has 1 aliphatic carbocycles. The van der Waals surface area contributed by atoms with Crippen LogP contribution >= 0.6 is 0 Å². The average Bonchev–Trinajstić information content (AvgIpc) is 2.21. The van der Waals surface area contributed by atoms with Crippen LogP contribution in [0.1, 0.15) is 13.3 Å². The molecule has 0 bridgehead atoms. The van der Waals surface area contributed by atoms with E-state index < -0.39 is 29.7 Å². The molecule has 0 aromatic rings. The van der Waals surface area contributed by atoms with Crippen LogP contribution in [0.4, 0.5) is 0 Å². The number of carboxylic acids is 1. The number of carbonyl (C=O) groups excluding carboxylic acids is 2. The molecule has 0 aromatic carbocycles. The molecule has 0 heterocycles. The lowest BCUT2D eigenvalue weighted by Crippen LogP contribution is -2.32. The highest BCUT2D eigenvalue weighted by molar-refractivity contribution is 6.33. The maximum Gasteiger partial charge on any atom is 0.372 e. The fraction of sp³-hybridized carbons (Fsp3) is 0.364. The number of Topliss-reactive ketones (excluding diaryl/α,β-unsaturated/α-hetero) is 2. The second-order valence-electron chi connectivity index (χ2n) is 3.71. The Morgan fingerprint density at radius 2 is 1.75 bits per heavy atom. The minimum atomic E-state index is -1.56. The van der Waals surface area contributed by atoms with Gasteiger partial charge in [0.05, 0.1) is 11.5 Å². The molecule has 1 aliphatic rings. The quantitative estimate of drug-likeness (QED) is 0.521. The van der Waals surface area contributed by atoms with E-state index in [1.165, 1.54) is 31.2 Å². The minimum absolute atomic E-state index is 0.332. The van der Waals surface area contributed by atoms with E-state index in [-0.39, 0.29) is 5.78 Å². The van der Waals surface area contributed by atoms with Crippen LogP contribution < -0.4 is 0 Å². The zero-order valence-corrected chi connectivity index (χ0v) is 8.71. The number of carbonyl (C=O) groups is 3. The van der Waals surface area contributed by atoms with Crippen molar-refractivity contribution in [1.29, 1.82) is 0 Å². The van der Waals surface area contributed by atoms with Crippen molar-refractivity contribution >= 4 is 17.5 Å². The standard InChI is InChI=1S/C11H12O5/c1-7(12)11(6-9(14)10(15)16)4-2-8(13)3-5-11/h2-5,8,13H,6H2,1H3,(H,15,16)/t8-,11+. The van der Waals surface area contributed by atoms with Crippen molar-refractivity contribution in [1.82, 2.24) is 0 Å². The highest BCUT2D eigenvalue weighted by atomic mass is 16.4. The first-order valence-electron chi connectivity index (χ1n) is 4.71. The first kappa shape index (κ1) is 12.3. The summed E-state index contributed by atoms with van der Waals surface area (Å²) in [5, 5.41) is 17.7. The van der Waals surface area contributed by atoms with Crippen LogP contribution in [0.2, 0.25) is 0 Å². The van der Waals surface area contributed by atoms with E-state index >= 15 is 0 Å². The van der Waals surface area contributed by atoms with Gasteiger partial charge in [-0.3, -0.25) is 9.59 Å². The average molecular weight is 224 g/mol. The lowest BCUT2D eigenvalue weighted by atomic mass is 9.76. The van der Waals surface area contributed by atoms with E-state index in [0.717, 1.165) is 0 Å². The molecule has 0 fully saturated rings. The highest BCUT2D eigenvalue weighted by Crippen LogP contribution is 2.31. The molecule has 1 rings (SSSR count). The molecule has 0 aromatic heterocycles. The Bertz CT molecular complexity index is 377. The molecule has 0 spiro atoms. The molecule has 16 heavy (non-hydrogen) atoms. The molecular weight excluding hydrogens is 212 g/mol. The Morgan fingerprint density at radius 1 is 1.25 bits per heavy atom. The molecule has 0 atom stereocenters. The van der Waals surface area contributed by atoms with Crippen molar-refractivity contribution in [3.05, 3.63) is 24.3 Å². The Hall–Kier alpha value is -1.75. The van der Waals surface area contributed by atoms with Gasteiger partial charge in [0.2, 0.25) is 5.78 Å². The maximum absolute atomic E-state index is 11.5. The van der Waals surface area contributed by atoms with E-state index in [0.29, 0.717) is 0 Å². The molecule has 0 unspecified atom stereocenters. The predicted octanol–water partition coefficient (Wildman–Crippen LogP) is 0.0925. The fourth-order valence-corrected chi connectivity index (χ4v) is 1.48. The summed E-state index contributed by atoms with van der Waals surface area (Å²) in [5.74, 6) is -2.92. The van der Waals surface area contributed by atoms with Gasteiger partial charge in [0.1, 0.15) is 5.78 Å². The van der Waals surface area contributed by atoms with Gasteiger partial charge in [-0.1, -0.05) is 24.3 Å². The van der Waals surface area contributed by atoms with Crippen molar-refractivity contribution in [2.24, 2.45) is 5.41 Å². The van der Waals surface area contributed by atoms with Crippen LogP contribution in [0.5, 0.6) is 0 Å². The minimum Gasteiger partial charge on any atom is -0.476 e. The van der Waals surface area contributed by atoms with Gasteiger partial charge < -0.3 is 10.2 Å². The first-order chi connectivity index (χ1) is 7.37. The van der Waals surface area contributed by atoms with Crippen LogP contribution in [-0.4, -0.2) is 33.9 Å². The number of hydrogen-bond donors (Lipinski definition) is 2. The van der Waals surface area contributed by atoms with Gasteiger partial charge in [0.15, 0.2) is 0 Å². The van der Waals surface area contributed by atoms with E-state index in [1.807, 2.05) is 0 Å². The molecule has 5 nitrogen and oxygen atoms in total. The van der Waals surface area contributed by atoms with Gasteiger partial charge in [-0.25, -0.2) is 4.79 Å². The lowest BCUT2D eigenvalue weighted by molar-refractivity contribution is -0.150. The number of aliphatic hydroxyl groups excluding tert-OH is 1. The van der Waals surface area contributed by atoms with Crippen LogP contribution in [-0.2, 0) is 14.4 Å². The highest BCUT2D eigenvalue weighted by Gasteiger charge is 2.36. The molecule has 86 valence electrons. The second-order valence-corrected chi connectivity index (χ2v) is 3.71. The van der Waals surface area contributed by atoms with Crippen LogP contribution in [0.15, 0.2) is 24.3 Å². The van der Waals surface area contributed by atoms with E-state index in [2.05, 4.69) is 0 Å². The zero-order chi connectivity index (χ0) is 12.3. The Morgan fingerprint density at radius 3 is 2.12 bits per heavy atom. The molecule has 2 N–H and O–H groups in total. The molecular formula is C11H12O5. The number of allylic oxidation sites excluding steroid dienone is 2. The third kappa shape index (κ3) is 2.43. The number of hydrogen-bond acceptors (Lipinski definition) is 4. The number of ketones is 2. The largest absolute Gasteiger partial charge is 0.476 e. The fourth-order valence-electron chi connectivity index (χ4n) is 1.48. The third-order valence-electron chi connectivity index (χ3n) is 2.53. The summed E-state index contributed by atoms with van der Waals surface area (Å²) >= 11 is 0. The normalized spacial score (nSPS) is 27.8. The first-order valence-corrected chi connectivity index (χ1v) is 4.71. The van der Waals surface area contributed by atoms with Crippen molar-refractivity contribution in [3.63, 3.8) is 0 Å². The summed E-state index contributed by atoms with van der Waals surface area (Å²) < 4.78 is 0. The molecule has 0 radical (unpaired) electrons. The van der Waals surface area contributed by atoms with Crippen molar-refractivity contribution in [2.75, 3.05) is 0 Å². The number of rotatable bonds is 4. The van der Waals surface area contributed by atoms with Crippen molar-refractivity contribution < 1.29 is 24.6 Å². The van der Waals surface area contributed by atoms with Crippen LogP contribution in [0, 0.1) is 5.41 Å². The van der Waals surface area contributed by atoms with E-state index in [4.69, 9.17) is 5.11 Å². The van der Waals surface area contributed by atoms with Crippen molar-refractivity contribution in [2.45, 2.75) is 19.4 Å². The molecule has 0 aliphatic heterocycles. The van der Waals surface area contributed by atoms with Gasteiger partial charge in [-0.05, 0) is 6.92 Å². The summed E-state index contributed by atoms with van der Waals surface area (Å²) in [6, 6.07) is 0. The molecule has 0 saturated heterocycles. The number of aliphatic hydroxyl groups is 1. The van der Waals surface area contributed by atoms with Gasteiger partial charge in [0.25, 0.3) is 0 Å². The number of carboxylic acid groups (broad SMARTS) is 1. The zero-order valence-electron chi connectivity index (χ0n) is 8.71. The van der Waals surface area contributed by atoms with Gasteiger partial charge in [0, 0.05) is 6.42 Å². The topological polar surface area (TPSA) is 91.7 Å². The number of aliphatic carboxylic acids is 1. The van der Waals surface area contributed by atoms with E-state index in [9.17, 15) is 19.5 Å². The summed E-state index contributed by atoms with van der Waals surface area (Å²) in [6.45, 7) is 1.28. The Balaban J connectivity index is 2.96. The van der Waals surface area contributed by atoms with E-state index in [1.54, 1.807) is 0 Å². The van der Waals surface area contributed by atoms with Crippen molar-refractivity contribution in [3.8, 4) is 0 Å². The third-order valence-corrected chi connectivity index (χ3v) is 2.53. The van der Waals surface area contributed by atoms with Gasteiger partial charge in [-0.15, -0.1) is 0 Å². The predicted molar refractivity (Wildman–Crippen MR) is 54.7 cm³/mol. The maximum atomic E-state index is 11.5. The Labute approximate surface area is 92.1 Å². The molecule has 0 amide bonds. The molecule has 0 saturated carbocycles. The second kappa shape index (κ2) is 4.40. The van der Waals surface area contributed by atoms with Gasteiger partial charge >= 0.3 is 5.97 Å². The smallest absolute Gasteiger partial charge is 0.372 e. The molecule has 5 heteroatoms. The summed E-state index contributed by atoms with van der Waals surface area (Å²) in [5.41, 5.74) is -1.23. The lowest BCUT2D eigenvalue weighted by Gasteiger charge is -2.26. The van der Waals surface area contributed by atoms with Gasteiger partial charge in [-0.2, -0.15) is 0 Å². The summed E-state index contributed by atoms with van der Waals surface area (Å²) in [6.07, 6.45) is 4.25. The van der Waals surface area contributed by atoms with Crippen LogP contribution in [0.25, 0.3) is 0 Å².